The monoisotopic (exact) mass is 462 g/mol. The van der Waals surface area contributed by atoms with Crippen LogP contribution in [0.2, 0.25) is 0 Å². The summed E-state index contributed by atoms with van der Waals surface area (Å²) in [6, 6.07) is 23.7. The standard InChI is InChI=1S/C24H20BrN3O2/c1-16-6-5-9-19(14-16)23(29)26-21-22(18-7-3-2-4-8-18)28(27-24(21)30)15-17-10-12-20(25)13-11-17/h2-15,21-22H,1H3,(H-,26,27,29,30)/p+1/b28-15-/t21-,22+/m0/s1. The molecule has 0 bridgehead atoms. The fourth-order valence-electron chi connectivity index (χ4n) is 3.55. The minimum Gasteiger partial charge on any atom is -0.334 e. The summed E-state index contributed by atoms with van der Waals surface area (Å²) in [4.78, 5) is 25.7. The molecule has 1 aliphatic rings. The summed E-state index contributed by atoms with van der Waals surface area (Å²) in [5.41, 5.74) is 6.28. The summed E-state index contributed by atoms with van der Waals surface area (Å²) in [7, 11) is 0. The zero-order chi connectivity index (χ0) is 21.1. The summed E-state index contributed by atoms with van der Waals surface area (Å²) in [6.45, 7) is 1.93. The largest absolute Gasteiger partial charge is 0.334 e. The molecule has 0 spiro atoms. The van der Waals surface area contributed by atoms with Gasteiger partial charge in [-0.3, -0.25) is 9.59 Å². The minimum absolute atomic E-state index is 0.252. The number of nitrogens with one attached hydrogen (secondary N) is 2. The Labute approximate surface area is 183 Å². The summed E-state index contributed by atoms with van der Waals surface area (Å²) >= 11 is 3.44. The Balaban J connectivity index is 1.69. The Morgan fingerprint density at radius 3 is 2.47 bits per heavy atom. The number of carbonyl (C=O) groups is 2. The van der Waals surface area contributed by atoms with Gasteiger partial charge in [0.05, 0.1) is 0 Å². The van der Waals surface area contributed by atoms with Crippen LogP contribution in [0.5, 0.6) is 0 Å². The molecule has 3 aromatic rings. The molecule has 4 rings (SSSR count). The number of halogens is 1. The lowest BCUT2D eigenvalue weighted by Crippen LogP contribution is -2.42. The van der Waals surface area contributed by atoms with Crippen molar-refractivity contribution < 1.29 is 14.3 Å². The van der Waals surface area contributed by atoms with Crippen molar-refractivity contribution in [1.82, 2.24) is 10.7 Å². The van der Waals surface area contributed by atoms with Gasteiger partial charge >= 0.3 is 5.91 Å². The van der Waals surface area contributed by atoms with Crippen LogP contribution in [0.1, 0.15) is 33.1 Å². The van der Waals surface area contributed by atoms with Crippen molar-refractivity contribution in [3.63, 3.8) is 0 Å². The van der Waals surface area contributed by atoms with E-state index in [1.54, 1.807) is 10.8 Å². The van der Waals surface area contributed by atoms with Crippen molar-refractivity contribution in [3.05, 3.63) is 106 Å². The van der Waals surface area contributed by atoms with Crippen LogP contribution >= 0.6 is 15.9 Å². The number of aryl methyl sites for hydroxylation is 1. The highest BCUT2D eigenvalue weighted by atomic mass is 79.9. The number of amides is 2. The van der Waals surface area contributed by atoms with Gasteiger partial charge < -0.3 is 5.32 Å². The van der Waals surface area contributed by atoms with E-state index < -0.39 is 6.04 Å². The van der Waals surface area contributed by atoms with Gasteiger partial charge in [-0.2, -0.15) is 0 Å². The van der Waals surface area contributed by atoms with Crippen LogP contribution in [0.4, 0.5) is 0 Å². The molecule has 0 aliphatic carbocycles. The van der Waals surface area contributed by atoms with E-state index in [1.165, 1.54) is 0 Å². The van der Waals surface area contributed by atoms with Crippen molar-refractivity contribution in [2.45, 2.75) is 19.0 Å². The Kier molecular flexibility index (Phi) is 5.77. The molecule has 1 fully saturated rings. The molecule has 0 saturated carbocycles. The first-order valence-corrected chi connectivity index (χ1v) is 10.4. The second-order valence-corrected chi connectivity index (χ2v) is 8.16. The van der Waals surface area contributed by atoms with Crippen molar-refractivity contribution in [2.24, 2.45) is 0 Å². The third-order valence-electron chi connectivity index (χ3n) is 5.00. The highest BCUT2D eigenvalue weighted by Gasteiger charge is 2.47. The first-order valence-electron chi connectivity index (χ1n) is 9.63. The molecule has 1 saturated heterocycles. The first kappa shape index (κ1) is 20.0. The highest BCUT2D eigenvalue weighted by molar-refractivity contribution is 9.10. The molecule has 6 heteroatoms. The number of rotatable bonds is 4. The smallest absolute Gasteiger partial charge is 0.304 e. The number of carbonyl (C=O) groups excluding carboxylic acids is 2. The van der Waals surface area contributed by atoms with Gasteiger partial charge in [-0.1, -0.05) is 64.0 Å². The van der Waals surface area contributed by atoms with Crippen LogP contribution < -0.4 is 10.7 Å². The van der Waals surface area contributed by atoms with Crippen LogP contribution in [-0.4, -0.2) is 28.8 Å². The zero-order valence-corrected chi connectivity index (χ0v) is 18.0. The van der Waals surface area contributed by atoms with E-state index in [-0.39, 0.29) is 17.9 Å². The first-order chi connectivity index (χ1) is 14.5. The lowest BCUT2D eigenvalue weighted by molar-refractivity contribution is -0.596. The van der Waals surface area contributed by atoms with E-state index >= 15 is 0 Å². The fourth-order valence-corrected chi connectivity index (χ4v) is 3.82. The molecule has 1 heterocycles. The Morgan fingerprint density at radius 1 is 1.03 bits per heavy atom. The van der Waals surface area contributed by atoms with Gasteiger partial charge in [0.25, 0.3) is 5.91 Å². The van der Waals surface area contributed by atoms with Gasteiger partial charge in [-0.25, -0.2) is 0 Å². The summed E-state index contributed by atoms with van der Waals surface area (Å²) < 4.78 is 2.75. The van der Waals surface area contributed by atoms with Crippen molar-refractivity contribution in [3.8, 4) is 0 Å². The number of nitrogens with zero attached hydrogens (tertiary/aromatic N) is 1. The summed E-state index contributed by atoms with van der Waals surface area (Å²) in [6.07, 6.45) is 1.88. The zero-order valence-electron chi connectivity index (χ0n) is 16.4. The molecule has 1 aliphatic heterocycles. The topological polar surface area (TPSA) is 61.2 Å². The predicted octanol–water partition coefficient (Wildman–Crippen LogP) is 3.77. The van der Waals surface area contributed by atoms with E-state index in [2.05, 4.69) is 26.7 Å². The Morgan fingerprint density at radius 2 is 1.77 bits per heavy atom. The van der Waals surface area contributed by atoms with Gasteiger partial charge in [0.2, 0.25) is 12.3 Å². The molecule has 2 atom stereocenters. The minimum atomic E-state index is -0.730. The van der Waals surface area contributed by atoms with Crippen LogP contribution in [0.15, 0.2) is 83.3 Å². The third kappa shape index (κ3) is 4.33. The third-order valence-corrected chi connectivity index (χ3v) is 5.53. The van der Waals surface area contributed by atoms with E-state index in [0.29, 0.717) is 5.56 Å². The average Bonchev–Trinajstić information content (AvgIpc) is 3.05. The van der Waals surface area contributed by atoms with Crippen molar-refractivity contribution in [2.75, 3.05) is 0 Å². The van der Waals surface area contributed by atoms with E-state index in [1.807, 2.05) is 85.9 Å². The van der Waals surface area contributed by atoms with Crippen LogP contribution in [0, 0.1) is 6.92 Å². The van der Waals surface area contributed by atoms with Gasteiger partial charge in [0, 0.05) is 21.2 Å². The van der Waals surface area contributed by atoms with E-state index in [0.717, 1.165) is 21.2 Å². The van der Waals surface area contributed by atoms with Gasteiger partial charge in [-0.15, -0.1) is 10.1 Å². The van der Waals surface area contributed by atoms with Crippen LogP contribution in [0.3, 0.4) is 0 Å². The molecule has 2 N–H and O–H groups in total. The maximum absolute atomic E-state index is 12.9. The molecule has 0 aromatic heterocycles. The molecule has 5 nitrogen and oxygen atoms in total. The van der Waals surface area contributed by atoms with E-state index in [4.69, 9.17) is 0 Å². The average molecular weight is 463 g/mol. The van der Waals surface area contributed by atoms with Gasteiger partial charge in [-0.05, 0) is 43.3 Å². The molecular weight excluding hydrogens is 442 g/mol. The lowest BCUT2D eigenvalue weighted by atomic mass is 9.99. The normalized spacial score (nSPS) is 19.5. The maximum Gasteiger partial charge on any atom is 0.304 e. The maximum atomic E-state index is 12.9. The molecular formula is C24H21BrN3O2+. The van der Waals surface area contributed by atoms with Crippen LogP contribution in [0.25, 0.3) is 0 Å². The Bertz CT molecular complexity index is 1110. The van der Waals surface area contributed by atoms with Gasteiger partial charge in [0.15, 0.2) is 6.04 Å². The molecule has 30 heavy (non-hydrogen) atoms. The predicted molar refractivity (Wildman–Crippen MR) is 119 cm³/mol. The second kappa shape index (κ2) is 8.63. The molecule has 150 valence electrons. The van der Waals surface area contributed by atoms with Crippen molar-refractivity contribution >= 4 is 34.0 Å². The number of hydrazone groups is 1. The van der Waals surface area contributed by atoms with Crippen molar-refractivity contribution in [1.29, 1.82) is 0 Å². The number of hydrogen-bond donors (Lipinski definition) is 2. The molecule has 2 amide bonds. The number of hydrazine groups is 1. The van der Waals surface area contributed by atoms with E-state index in [9.17, 15) is 9.59 Å². The fraction of sp³-hybridized carbons (Fsp3) is 0.125. The molecule has 3 aromatic carbocycles. The summed E-state index contributed by atoms with van der Waals surface area (Å²) in [5.74, 6) is -0.525. The quantitative estimate of drug-likeness (QED) is 0.579. The second-order valence-electron chi connectivity index (χ2n) is 7.24. The SMILES string of the molecule is Cc1cccc(C(=O)N[C@@H]2C(=O)N/[N+](=C\c3ccc(Br)cc3)[C@@H]2c2ccccc2)c1. The number of hydrogen-bond acceptors (Lipinski definition) is 2. The summed E-state index contributed by atoms with van der Waals surface area (Å²) in [5, 5.41) is 2.93. The molecule has 0 unspecified atom stereocenters. The Hall–Kier alpha value is -3.25. The lowest BCUT2D eigenvalue weighted by Gasteiger charge is -2.15. The highest BCUT2D eigenvalue weighted by Crippen LogP contribution is 2.25. The van der Waals surface area contributed by atoms with Gasteiger partial charge in [0.1, 0.15) is 0 Å². The van der Waals surface area contributed by atoms with Crippen LogP contribution in [-0.2, 0) is 4.79 Å². The number of benzene rings is 3. The molecule has 0 radical (unpaired) electrons.